The van der Waals surface area contributed by atoms with E-state index in [1.54, 1.807) is 18.5 Å². The summed E-state index contributed by atoms with van der Waals surface area (Å²) in [6.07, 6.45) is 5.46. The highest BCUT2D eigenvalue weighted by Crippen LogP contribution is 2.41. The van der Waals surface area contributed by atoms with Crippen molar-refractivity contribution in [1.82, 2.24) is 28.9 Å². The van der Waals surface area contributed by atoms with Crippen LogP contribution in [0.1, 0.15) is 67.5 Å². The van der Waals surface area contributed by atoms with Gasteiger partial charge in [0.15, 0.2) is 0 Å². The third-order valence-electron chi connectivity index (χ3n) is 8.38. The SMILES string of the molecule is Cc1cnnn1[C@H](c1cccc(-n2cc3c(C(F)(F)F)cc(CN4CCC[C@H](C)C4)cn3c2=O)c1)C1CCC1. The topological polar surface area (TPSA) is 60.4 Å². The number of piperidine rings is 1. The zero-order valence-corrected chi connectivity index (χ0v) is 22.2. The fourth-order valence-electron chi connectivity index (χ4n) is 6.23. The number of halogens is 3. The molecule has 0 radical (unpaired) electrons. The van der Waals surface area contributed by atoms with Gasteiger partial charge in [0.25, 0.3) is 0 Å². The standard InChI is InChI=1S/C29H33F3N6O/c1-19-6-5-11-35(15-19)16-21-12-25(29(30,31)32)26-18-36(28(39)37(26)17-21)24-10-4-9-23(13-24)27(22-7-3-8-22)38-20(2)14-33-34-38/h4,9-10,12-14,17-19,22,27H,3,5-8,11,15-16H2,1-2H3/t19-,27-/m0/s1. The minimum absolute atomic E-state index is 0.0433. The van der Waals surface area contributed by atoms with E-state index in [1.165, 1.54) is 16.8 Å². The summed E-state index contributed by atoms with van der Waals surface area (Å²) in [4.78, 5) is 15.8. The van der Waals surface area contributed by atoms with E-state index < -0.39 is 17.4 Å². The number of alkyl halides is 3. The molecular weight excluding hydrogens is 505 g/mol. The summed E-state index contributed by atoms with van der Waals surface area (Å²) in [6, 6.07) is 8.67. The van der Waals surface area contributed by atoms with Gasteiger partial charge in [0.2, 0.25) is 0 Å². The molecule has 0 unspecified atom stereocenters. The van der Waals surface area contributed by atoms with Gasteiger partial charge >= 0.3 is 11.9 Å². The van der Waals surface area contributed by atoms with E-state index in [-0.39, 0.29) is 11.6 Å². The zero-order valence-electron chi connectivity index (χ0n) is 22.2. The summed E-state index contributed by atoms with van der Waals surface area (Å²) in [7, 11) is 0. The summed E-state index contributed by atoms with van der Waals surface area (Å²) in [6.45, 7) is 6.20. The molecule has 4 aromatic rings. The maximum Gasteiger partial charge on any atom is 0.418 e. The second kappa shape index (κ2) is 9.97. The number of fused-ring (bicyclic) bond motifs is 1. The third-order valence-corrected chi connectivity index (χ3v) is 8.38. The molecule has 0 bridgehead atoms. The van der Waals surface area contributed by atoms with E-state index in [1.807, 2.05) is 29.8 Å². The molecule has 0 spiro atoms. The maximum absolute atomic E-state index is 14.2. The normalized spacial score (nSPS) is 19.9. The van der Waals surface area contributed by atoms with E-state index in [0.717, 1.165) is 60.9 Å². The summed E-state index contributed by atoms with van der Waals surface area (Å²) in [5.41, 5.74) is 1.48. The van der Waals surface area contributed by atoms with Crippen LogP contribution in [0.2, 0.25) is 0 Å². The molecule has 1 saturated heterocycles. The largest absolute Gasteiger partial charge is 0.418 e. The van der Waals surface area contributed by atoms with Gasteiger partial charge in [-0.1, -0.05) is 30.7 Å². The molecule has 3 aromatic heterocycles. The number of nitrogens with zero attached hydrogens (tertiary/aromatic N) is 6. The summed E-state index contributed by atoms with van der Waals surface area (Å²) >= 11 is 0. The fourth-order valence-corrected chi connectivity index (χ4v) is 6.23. The van der Waals surface area contributed by atoms with Gasteiger partial charge in [-0.05, 0) is 80.3 Å². The first-order valence-corrected chi connectivity index (χ1v) is 13.7. The predicted octanol–water partition coefficient (Wildman–Crippen LogP) is 5.63. The smallest absolute Gasteiger partial charge is 0.299 e. The van der Waals surface area contributed by atoms with Gasteiger partial charge in [-0.15, -0.1) is 5.10 Å². The minimum Gasteiger partial charge on any atom is -0.299 e. The third kappa shape index (κ3) is 4.90. The van der Waals surface area contributed by atoms with Crippen LogP contribution in [-0.4, -0.2) is 42.0 Å². The molecular formula is C29H33F3N6O. The number of aromatic nitrogens is 5. The van der Waals surface area contributed by atoms with E-state index in [0.29, 0.717) is 29.6 Å². The van der Waals surface area contributed by atoms with Crippen molar-refractivity contribution in [3.63, 3.8) is 0 Å². The van der Waals surface area contributed by atoms with Crippen molar-refractivity contribution in [1.29, 1.82) is 0 Å². The number of aryl methyl sites for hydroxylation is 1. The predicted molar refractivity (Wildman–Crippen MR) is 142 cm³/mol. The summed E-state index contributed by atoms with van der Waals surface area (Å²) in [5, 5.41) is 8.38. The monoisotopic (exact) mass is 538 g/mol. The lowest BCUT2D eigenvalue weighted by atomic mass is 9.77. The van der Waals surface area contributed by atoms with Crippen LogP contribution in [0.4, 0.5) is 13.2 Å². The second-order valence-electron chi connectivity index (χ2n) is 11.3. The van der Waals surface area contributed by atoms with Crippen LogP contribution in [0.3, 0.4) is 0 Å². The molecule has 39 heavy (non-hydrogen) atoms. The quantitative estimate of drug-likeness (QED) is 0.319. The van der Waals surface area contributed by atoms with Crippen LogP contribution in [0, 0.1) is 18.8 Å². The Morgan fingerprint density at radius 2 is 1.92 bits per heavy atom. The molecule has 1 saturated carbocycles. The lowest BCUT2D eigenvalue weighted by Crippen LogP contribution is -2.34. The van der Waals surface area contributed by atoms with E-state index >= 15 is 0 Å². The van der Waals surface area contributed by atoms with Crippen molar-refractivity contribution >= 4 is 5.52 Å². The molecule has 2 atom stereocenters. The lowest BCUT2D eigenvalue weighted by molar-refractivity contribution is -0.136. The number of benzene rings is 1. The molecule has 0 N–H and O–H groups in total. The molecule has 2 fully saturated rings. The molecule has 10 heteroatoms. The number of likely N-dealkylation sites (tertiary alicyclic amines) is 1. The van der Waals surface area contributed by atoms with Gasteiger partial charge in [-0.3, -0.25) is 13.9 Å². The van der Waals surface area contributed by atoms with Crippen LogP contribution in [-0.2, 0) is 12.7 Å². The second-order valence-corrected chi connectivity index (χ2v) is 11.3. The van der Waals surface area contributed by atoms with Gasteiger partial charge in [0.05, 0.1) is 34.7 Å². The van der Waals surface area contributed by atoms with Gasteiger partial charge in [0, 0.05) is 25.5 Å². The van der Waals surface area contributed by atoms with Crippen LogP contribution in [0.5, 0.6) is 0 Å². The number of pyridine rings is 1. The Bertz CT molecular complexity index is 1550. The molecule has 4 heterocycles. The lowest BCUT2D eigenvalue weighted by Gasteiger charge is -2.34. The molecule has 7 nitrogen and oxygen atoms in total. The first kappa shape index (κ1) is 25.9. The van der Waals surface area contributed by atoms with Gasteiger partial charge in [0.1, 0.15) is 0 Å². The van der Waals surface area contributed by atoms with Crippen LogP contribution >= 0.6 is 0 Å². The summed E-state index contributed by atoms with van der Waals surface area (Å²) < 4.78 is 47.1. The Hall–Kier alpha value is -3.40. The van der Waals surface area contributed by atoms with E-state index in [2.05, 4.69) is 22.1 Å². The van der Waals surface area contributed by atoms with Crippen LogP contribution in [0.25, 0.3) is 11.2 Å². The van der Waals surface area contributed by atoms with Crippen molar-refractivity contribution in [3.05, 3.63) is 81.8 Å². The first-order chi connectivity index (χ1) is 18.7. The van der Waals surface area contributed by atoms with Crippen LogP contribution < -0.4 is 5.69 Å². The molecule has 2 aliphatic rings. The van der Waals surface area contributed by atoms with Crippen molar-refractivity contribution in [2.24, 2.45) is 11.8 Å². The van der Waals surface area contributed by atoms with Crippen molar-refractivity contribution < 1.29 is 13.2 Å². The Morgan fingerprint density at radius 1 is 1.10 bits per heavy atom. The van der Waals surface area contributed by atoms with Crippen molar-refractivity contribution in [3.8, 4) is 5.69 Å². The highest BCUT2D eigenvalue weighted by atomic mass is 19.4. The molecule has 1 aromatic carbocycles. The number of hydrogen-bond acceptors (Lipinski definition) is 4. The molecule has 0 amide bonds. The number of rotatable bonds is 6. The average molecular weight is 539 g/mol. The van der Waals surface area contributed by atoms with Gasteiger partial charge in [-0.2, -0.15) is 13.2 Å². The fraction of sp³-hybridized carbons (Fsp3) is 0.483. The first-order valence-electron chi connectivity index (χ1n) is 13.7. The summed E-state index contributed by atoms with van der Waals surface area (Å²) in [5.74, 6) is 0.896. The highest BCUT2D eigenvalue weighted by Gasteiger charge is 2.35. The Labute approximate surface area is 224 Å². The number of imidazole rings is 1. The molecule has 6 rings (SSSR count). The average Bonchev–Trinajstić information content (AvgIpc) is 3.43. The minimum atomic E-state index is -4.59. The molecule has 1 aliphatic carbocycles. The maximum atomic E-state index is 14.2. The highest BCUT2D eigenvalue weighted by molar-refractivity contribution is 5.58. The van der Waals surface area contributed by atoms with Gasteiger partial charge < -0.3 is 0 Å². The Kier molecular flexibility index (Phi) is 6.61. The zero-order chi connectivity index (χ0) is 27.3. The number of hydrogen-bond donors (Lipinski definition) is 0. The Morgan fingerprint density at radius 3 is 2.59 bits per heavy atom. The van der Waals surface area contributed by atoms with Crippen LogP contribution in [0.15, 0.2) is 53.7 Å². The molecule has 206 valence electrons. The Balaban J connectivity index is 1.42. The van der Waals surface area contributed by atoms with Crippen molar-refractivity contribution in [2.45, 2.75) is 64.7 Å². The van der Waals surface area contributed by atoms with E-state index in [9.17, 15) is 18.0 Å². The van der Waals surface area contributed by atoms with Crippen molar-refractivity contribution in [2.75, 3.05) is 13.1 Å². The molecule has 1 aliphatic heterocycles. The van der Waals surface area contributed by atoms with Gasteiger partial charge in [-0.25, -0.2) is 9.48 Å². The van der Waals surface area contributed by atoms with E-state index in [4.69, 9.17) is 0 Å².